The summed E-state index contributed by atoms with van der Waals surface area (Å²) in [6.45, 7) is 1.98. The number of anilines is 1. The van der Waals surface area contributed by atoms with Crippen LogP contribution in [0.25, 0.3) is 11.3 Å². The topological polar surface area (TPSA) is 110 Å². The van der Waals surface area contributed by atoms with Gasteiger partial charge < -0.3 is 15.2 Å². The molecule has 2 heterocycles. The number of rotatable bonds is 7. The average Bonchev–Trinajstić information content (AvgIpc) is 3.15. The Balaban J connectivity index is 1.54. The molecule has 170 valence electrons. The number of carboxylic acid groups (broad SMARTS) is 1. The summed E-state index contributed by atoms with van der Waals surface area (Å²) < 4.78 is 7.28. The van der Waals surface area contributed by atoms with Crippen molar-refractivity contribution in [2.24, 2.45) is 0 Å². The summed E-state index contributed by atoms with van der Waals surface area (Å²) in [6.07, 6.45) is -1.09. The van der Waals surface area contributed by atoms with Crippen LogP contribution in [0.3, 0.4) is 0 Å². The Morgan fingerprint density at radius 1 is 1.15 bits per heavy atom. The van der Waals surface area contributed by atoms with E-state index < -0.39 is 23.9 Å². The van der Waals surface area contributed by atoms with Gasteiger partial charge in [0.15, 0.2) is 6.10 Å². The first-order valence-electron chi connectivity index (χ1n) is 10.4. The van der Waals surface area contributed by atoms with E-state index in [0.29, 0.717) is 27.8 Å². The Hall–Kier alpha value is -3.78. The van der Waals surface area contributed by atoms with Gasteiger partial charge >= 0.3 is 5.97 Å². The molecule has 9 heteroatoms. The van der Waals surface area contributed by atoms with E-state index in [0.717, 1.165) is 11.1 Å². The molecule has 0 radical (unpaired) electrons. The molecule has 0 fully saturated rings. The number of fused-ring (bicyclic) bond motifs is 1. The van der Waals surface area contributed by atoms with E-state index in [1.165, 1.54) is 0 Å². The third-order valence-corrected chi connectivity index (χ3v) is 5.51. The van der Waals surface area contributed by atoms with Crippen molar-refractivity contribution < 1.29 is 24.2 Å². The van der Waals surface area contributed by atoms with Crippen LogP contribution in [0.1, 0.15) is 24.1 Å². The molecule has 2 amide bonds. The van der Waals surface area contributed by atoms with E-state index in [9.17, 15) is 14.4 Å². The maximum absolute atomic E-state index is 12.9. The molecule has 3 aromatic rings. The number of aliphatic carboxylic acids is 1. The molecule has 0 bridgehead atoms. The summed E-state index contributed by atoms with van der Waals surface area (Å²) in [7, 11) is 0. The third-order valence-electron chi connectivity index (χ3n) is 5.27. The molecule has 3 N–H and O–H groups in total. The monoisotopic (exact) mass is 467 g/mol. The summed E-state index contributed by atoms with van der Waals surface area (Å²) in [5.74, 6) is -1.40. The summed E-state index contributed by atoms with van der Waals surface area (Å²) in [6, 6.07) is 16.2. The lowest BCUT2D eigenvalue weighted by Crippen LogP contribution is -2.40. The summed E-state index contributed by atoms with van der Waals surface area (Å²) in [5.41, 5.74) is 6.55. The zero-order valence-electron chi connectivity index (χ0n) is 17.8. The maximum Gasteiger partial charge on any atom is 0.303 e. The number of carbonyl (C=O) groups is 3. The number of nitrogens with one attached hydrogen (secondary N) is 2. The lowest BCUT2D eigenvalue weighted by molar-refractivity contribution is -0.137. The van der Waals surface area contributed by atoms with Gasteiger partial charge in [-0.1, -0.05) is 41.4 Å². The molecule has 2 aromatic carbocycles. The van der Waals surface area contributed by atoms with Crippen LogP contribution in [-0.4, -0.2) is 33.7 Å². The number of nitrogens with zero attached hydrogens (tertiary/aromatic N) is 1. The molecule has 1 aliphatic rings. The number of aromatic nitrogens is 1. The Bertz CT molecular complexity index is 1220. The van der Waals surface area contributed by atoms with Crippen molar-refractivity contribution in [3.05, 3.63) is 70.9 Å². The SMILES string of the molecule is Cc1ccc(-c2ccc(CCC(=O)O)n2NC(=O)C[C@H]2Oc3ccc(Cl)cc3NC2=O)cc1. The molecule has 0 aliphatic carbocycles. The number of halogens is 1. The van der Waals surface area contributed by atoms with Crippen molar-refractivity contribution >= 4 is 35.1 Å². The van der Waals surface area contributed by atoms with Crippen LogP contribution in [0.4, 0.5) is 5.69 Å². The highest BCUT2D eigenvalue weighted by molar-refractivity contribution is 6.31. The van der Waals surface area contributed by atoms with E-state index in [1.54, 1.807) is 28.9 Å². The first-order valence-corrected chi connectivity index (χ1v) is 10.7. The standard InChI is InChI=1S/C24H22ClN3O5/c1-14-2-4-15(5-3-14)19-9-7-17(8-11-23(30)31)28(19)27-22(29)13-21-24(32)26-18-12-16(25)6-10-20(18)33-21/h2-7,9-10,12,21H,8,11,13H2,1H3,(H,26,32)(H,27,29)(H,30,31)/t21-/m1/s1. The predicted molar refractivity (Wildman–Crippen MR) is 124 cm³/mol. The molecular formula is C24H22ClN3O5. The van der Waals surface area contributed by atoms with Gasteiger partial charge in [0.05, 0.1) is 24.2 Å². The highest BCUT2D eigenvalue weighted by Gasteiger charge is 2.30. The van der Waals surface area contributed by atoms with Crippen molar-refractivity contribution in [3.8, 4) is 17.0 Å². The molecule has 0 saturated heterocycles. The molecule has 1 aromatic heterocycles. The van der Waals surface area contributed by atoms with E-state index in [2.05, 4.69) is 10.7 Å². The van der Waals surface area contributed by atoms with E-state index in [-0.39, 0.29) is 19.3 Å². The van der Waals surface area contributed by atoms with Gasteiger partial charge in [-0.05, 0) is 37.3 Å². The third kappa shape index (κ3) is 5.18. The fraction of sp³-hybridized carbons (Fsp3) is 0.208. The minimum absolute atomic E-state index is 0.0826. The summed E-state index contributed by atoms with van der Waals surface area (Å²) >= 11 is 5.95. The quantitative estimate of drug-likeness (QED) is 0.486. The van der Waals surface area contributed by atoms with Crippen LogP contribution in [0, 0.1) is 6.92 Å². The van der Waals surface area contributed by atoms with E-state index in [4.69, 9.17) is 21.4 Å². The van der Waals surface area contributed by atoms with Crippen molar-refractivity contribution in [2.45, 2.75) is 32.3 Å². The molecule has 33 heavy (non-hydrogen) atoms. The van der Waals surface area contributed by atoms with Crippen LogP contribution in [0.2, 0.25) is 5.02 Å². The van der Waals surface area contributed by atoms with Gasteiger partial charge in [-0.25, -0.2) is 0 Å². The molecule has 1 aliphatic heterocycles. The van der Waals surface area contributed by atoms with Gasteiger partial charge in [-0.2, -0.15) is 0 Å². The minimum atomic E-state index is -1.01. The lowest BCUT2D eigenvalue weighted by atomic mass is 10.1. The molecule has 1 atom stereocenters. The second kappa shape index (κ2) is 9.38. The van der Waals surface area contributed by atoms with Crippen LogP contribution < -0.4 is 15.5 Å². The second-order valence-electron chi connectivity index (χ2n) is 7.78. The van der Waals surface area contributed by atoms with Crippen LogP contribution in [-0.2, 0) is 20.8 Å². The first-order chi connectivity index (χ1) is 15.8. The molecular weight excluding hydrogens is 446 g/mol. The Morgan fingerprint density at radius 2 is 1.91 bits per heavy atom. The lowest BCUT2D eigenvalue weighted by Gasteiger charge is -2.26. The highest BCUT2D eigenvalue weighted by atomic mass is 35.5. The van der Waals surface area contributed by atoms with Crippen LogP contribution in [0.5, 0.6) is 5.75 Å². The zero-order valence-corrected chi connectivity index (χ0v) is 18.6. The van der Waals surface area contributed by atoms with Gasteiger partial charge in [0, 0.05) is 22.7 Å². The predicted octanol–water partition coefficient (Wildman–Crippen LogP) is 3.99. The first kappa shape index (κ1) is 22.4. The molecule has 0 unspecified atom stereocenters. The zero-order chi connectivity index (χ0) is 23.5. The van der Waals surface area contributed by atoms with Gasteiger partial charge in [0.2, 0.25) is 5.91 Å². The normalized spacial score (nSPS) is 14.7. The number of ether oxygens (including phenoxy) is 1. The number of aryl methyl sites for hydroxylation is 2. The fourth-order valence-electron chi connectivity index (χ4n) is 3.59. The van der Waals surface area contributed by atoms with Crippen molar-refractivity contribution in [1.82, 2.24) is 4.68 Å². The van der Waals surface area contributed by atoms with Crippen molar-refractivity contribution in [1.29, 1.82) is 0 Å². The summed E-state index contributed by atoms with van der Waals surface area (Å²) in [4.78, 5) is 36.4. The van der Waals surface area contributed by atoms with Crippen molar-refractivity contribution in [2.75, 3.05) is 10.7 Å². The minimum Gasteiger partial charge on any atom is -0.481 e. The maximum atomic E-state index is 12.9. The largest absolute Gasteiger partial charge is 0.481 e. The summed E-state index contributed by atoms with van der Waals surface area (Å²) in [5, 5.41) is 12.2. The fourth-order valence-corrected chi connectivity index (χ4v) is 3.76. The van der Waals surface area contributed by atoms with Crippen LogP contribution >= 0.6 is 11.6 Å². The van der Waals surface area contributed by atoms with E-state index >= 15 is 0 Å². The number of carboxylic acids is 1. The van der Waals surface area contributed by atoms with Gasteiger partial charge in [-0.3, -0.25) is 24.5 Å². The highest BCUT2D eigenvalue weighted by Crippen LogP contribution is 2.32. The number of hydrogen-bond acceptors (Lipinski definition) is 4. The Labute approximate surface area is 195 Å². The Morgan fingerprint density at radius 3 is 2.64 bits per heavy atom. The van der Waals surface area contributed by atoms with Crippen molar-refractivity contribution in [3.63, 3.8) is 0 Å². The number of amides is 2. The molecule has 0 spiro atoms. The second-order valence-corrected chi connectivity index (χ2v) is 8.22. The smallest absolute Gasteiger partial charge is 0.303 e. The van der Waals surface area contributed by atoms with Gasteiger partial charge in [-0.15, -0.1) is 0 Å². The van der Waals surface area contributed by atoms with E-state index in [1.807, 2.05) is 37.3 Å². The van der Waals surface area contributed by atoms with Gasteiger partial charge in [0.25, 0.3) is 5.91 Å². The Kier molecular flexibility index (Phi) is 6.37. The molecule has 8 nitrogen and oxygen atoms in total. The average molecular weight is 468 g/mol. The number of benzene rings is 2. The molecule has 4 rings (SSSR count). The number of hydrogen-bond donors (Lipinski definition) is 3. The number of carbonyl (C=O) groups excluding carboxylic acids is 2. The van der Waals surface area contributed by atoms with Crippen LogP contribution in [0.15, 0.2) is 54.6 Å². The molecule has 0 saturated carbocycles. The van der Waals surface area contributed by atoms with Gasteiger partial charge in [0.1, 0.15) is 5.75 Å².